The Bertz CT molecular complexity index is 714. The maximum atomic E-state index is 11.5. The van der Waals surface area contributed by atoms with Crippen LogP contribution in [0.25, 0.3) is 11.0 Å². The molecule has 0 radical (unpaired) electrons. The summed E-state index contributed by atoms with van der Waals surface area (Å²) in [6, 6.07) is 4.58. The summed E-state index contributed by atoms with van der Waals surface area (Å²) in [6.45, 7) is 7.32. The molecule has 1 N–H and O–H groups in total. The Kier molecular flexibility index (Phi) is 4.64. The molecule has 1 heterocycles. The van der Waals surface area contributed by atoms with Crippen LogP contribution in [-0.2, 0) is 4.79 Å². The molecule has 0 aliphatic carbocycles. The van der Waals surface area contributed by atoms with E-state index >= 15 is 0 Å². The molecule has 0 amide bonds. The largest absolute Gasteiger partial charge is 0.480 e. The summed E-state index contributed by atoms with van der Waals surface area (Å²) in [5, 5.41) is 9.40. The molecule has 5 nitrogen and oxygen atoms in total. The fraction of sp³-hybridized carbons (Fsp3) is 0.471. The van der Waals surface area contributed by atoms with Gasteiger partial charge in [-0.3, -0.25) is 4.79 Å². The normalized spacial score (nSPS) is 12.8. The van der Waals surface area contributed by atoms with E-state index in [1.165, 1.54) is 6.92 Å². The van der Waals surface area contributed by atoms with Gasteiger partial charge in [-0.05, 0) is 44.9 Å². The van der Waals surface area contributed by atoms with E-state index in [1.54, 1.807) is 29.7 Å². The van der Waals surface area contributed by atoms with Gasteiger partial charge in [0.05, 0.1) is 11.0 Å². The first-order chi connectivity index (χ1) is 10.4. The number of aliphatic carboxylic acids is 1. The molecule has 118 valence electrons. The summed E-state index contributed by atoms with van der Waals surface area (Å²) in [5.41, 5.74) is 2.04. The molecule has 0 bridgehead atoms. The van der Waals surface area contributed by atoms with Gasteiger partial charge >= 0.3 is 5.97 Å². The molecular weight excluding hydrogens is 280 g/mol. The monoisotopic (exact) mass is 302 g/mol. The van der Waals surface area contributed by atoms with E-state index in [0.29, 0.717) is 11.1 Å². The van der Waals surface area contributed by atoms with Crippen molar-refractivity contribution in [1.82, 2.24) is 9.55 Å². The number of hydrogen-bond acceptors (Lipinski definition) is 3. The Hall–Kier alpha value is -2.17. The lowest BCUT2D eigenvalue weighted by Gasteiger charge is -2.18. The Morgan fingerprint density at radius 1 is 1.27 bits per heavy atom. The van der Waals surface area contributed by atoms with Gasteiger partial charge < -0.3 is 9.67 Å². The number of hydrogen-bond donors (Lipinski definition) is 1. The van der Waals surface area contributed by atoms with Crippen molar-refractivity contribution in [3.8, 4) is 0 Å². The second-order valence-electron chi connectivity index (χ2n) is 5.63. The van der Waals surface area contributed by atoms with Crippen LogP contribution in [0, 0.1) is 0 Å². The van der Waals surface area contributed by atoms with Crippen LogP contribution in [0.3, 0.4) is 0 Å². The average Bonchev–Trinajstić information content (AvgIpc) is 2.85. The summed E-state index contributed by atoms with van der Waals surface area (Å²) in [7, 11) is 0. The Balaban J connectivity index is 2.73. The van der Waals surface area contributed by atoms with Crippen molar-refractivity contribution in [2.24, 2.45) is 0 Å². The van der Waals surface area contributed by atoms with E-state index in [0.717, 1.165) is 24.2 Å². The number of carboxylic acids is 1. The number of fused-ring (bicyclic) bond motifs is 1. The maximum Gasteiger partial charge on any atom is 0.326 e. The highest BCUT2D eigenvalue weighted by molar-refractivity contribution is 5.97. The summed E-state index contributed by atoms with van der Waals surface area (Å²) in [5.74, 6) is 0.0829. The zero-order valence-electron chi connectivity index (χ0n) is 13.5. The van der Waals surface area contributed by atoms with Gasteiger partial charge in [0, 0.05) is 11.5 Å². The highest BCUT2D eigenvalue weighted by Gasteiger charge is 2.24. The van der Waals surface area contributed by atoms with Gasteiger partial charge in [-0.2, -0.15) is 0 Å². The predicted octanol–water partition coefficient (Wildman–Crippen LogP) is 3.79. The van der Waals surface area contributed by atoms with Crippen molar-refractivity contribution in [3.63, 3.8) is 0 Å². The number of nitrogens with zero attached hydrogens (tertiary/aromatic N) is 2. The minimum absolute atomic E-state index is 0.0215. The maximum absolute atomic E-state index is 11.5. The topological polar surface area (TPSA) is 72.2 Å². The molecule has 1 aromatic heterocycles. The van der Waals surface area contributed by atoms with E-state index in [2.05, 4.69) is 18.8 Å². The molecule has 0 aliphatic heterocycles. The fourth-order valence-electron chi connectivity index (χ4n) is 2.80. The average molecular weight is 302 g/mol. The molecule has 0 fully saturated rings. The molecule has 0 saturated carbocycles. The van der Waals surface area contributed by atoms with E-state index in [1.807, 2.05) is 0 Å². The standard InChI is InChI=1S/C17H22N2O3/c1-5-12(6-2)16-18-14-9-13(11(4)20)7-8-15(14)19(16)10(3)17(21)22/h7-10,12H,5-6H2,1-4H3,(H,21,22). The zero-order chi connectivity index (χ0) is 16.4. The number of aromatic nitrogens is 2. The van der Waals surface area contributed by atoms with Crippen molar-refractivity contribution < 1.29 is 14.7 Å². The molecule has 0 aliphatic rings. The van der Waals surface area contributed by atoms with Gasteiger partial charge in [0.1, 0.15) is 11.9 Å². The first-order valence-electron chi connectivity index (χ1n) is 7.66. The molecule has 22 heavy (non-hydrogen) atoms. The highest BCUT2D eigenvalue weighted by atomic mass is 16.4. The van der Waals surface area contributed by atoms with Gasteiger partial charge in [0.2, 0.25) is 0 Å². The second kappa shape index (κ2) is 6.30. The van der Waals surface area contributed by atoms with Crippen molar-refractivity contribution in [2.75, 3.05) is 0 Å². The van der Waals surface area contributed by atoms with Crippen LogP contribution in [0.1, 0.15) is 68.7 Å². The van der Waals surface area contributed by atoms with Gasteiger partial charge in [-0.15, -0.1) is 0 Å². The Labute approximate surface area is 130 Å². The molecule has 2 rings (SSSR count). The van der Waals surface area contributed by atoms with Crippen LogP contribution < -0.4 is 0 Å². The van der Waals surface area contributed by atoms with Crippen LogP contribution in [0.4, 0.5) is 0 Å². The number of benzene rings is 1. The molecule has 1 atom stereocenters. The Morgan fingerprint density at radius 2 is 1.91 bits per heavy atom. The summed E-state index contributed by atoms with van der Waals surface area (Å²) < 4.78 is 1.79. The van der Waals surface area contributed by atoms with E-state index in [9.17, 15) is 14.7 Å². The van der Waals surface area contributed by atoms with Crippen molar-refractivity contribution >= 4 is 22.8 Å². The quantitative estimate of drug-likeness (QED) is 0.824. The number of Topliss-reactive ketones (excluding diaryl/α,β-unsaturated/α-hetero) is 1. The third-order valence-corrected chi connectivity index (χ3v) is 4.22. The molecule has 0 saturated heterocycles. The lowest BCUT2D eigenvalue weighted by atomic mass is 10.0. The van der Waals surface area contributed by atoms with Crippen LogP contribution >= 0.6 is 0 Å². The van der Waals surface area contributed by atoms with Gasteiger partial charge in [0.25, 0.3) is 0 Å². The van der Waals surface area contributed by atoms with E-state index < -0.39 is 12.0 Å². The number of carboxylic acid groups (broad SMARTS) is 1. The first-order valence-corrected chi connectivity index (χ1v) is 7.66. The predicted molar refractivity (Wildman–Crippen MR) is 85.4 cm³/mol. The minimum Gasteiger partial charge on any atom is -0.480 e. The van der Waals surface area contributed by atoms with E-state index in [4.69, 9.17) is 0 Å². The number of carbonyl (C=O) groups excluding carboxylic acids is 1. The fourth-order valence-corrected chi connectivity index (χ4v) is 2.80. The number of rotatable bonds is 6. The second-order valence-corrected chi connectivity index (χ2v) is 5.63. The van der Waals surface area contributed by atoms with Crippen molar-refractivity contribution in [2.45, 2.75) is 52.5 Å². The van der Waals surface area contributed by atoms with Crippen LogP contribution in [0.15, 0.2) is 18.2 Å². The van der Waals surface area contributed by atoms with Crippen LogP contribution in [-0.4, -0.2) is 26.4 Å². The SMILES string of the molecule is CCC(CC)c1nc2cc(C(C)=O)ccc2n1C(C)C(=O)O. The molecule has 1 aromatic carbocycles. The number of carbonyl (C=O) groups is 2. The summed E-state index contributed by atoms with van der Waals surface area (Å²) in [6.07, 6.45) is 1.79. The minimum atomic E-state index is -0.887. The van der Waals surface area contributed by atoms with Gasteiger partial charge in [-0.25, -0.2) is 9.78 Å². The zero-order valence-corrected chi connectivity index (χ0v) is 13.5. The van der Waals surface area contributed by atoms with Crippen LogP contribution in [0.2, 0.25) is 0 Å². The van der Waals surface area contributed by atoms with Gasteiger partial charge in [-0.1, -0.05) is 13.8 Å². The van der Waals surface area contributed by atoms with Crippen LogP contribution in [0.5, 0.6) is 0 Å². The number of imidazole rings is 1. The smallest absolute Gasteiger partial charge is 0.326 e. The van der Waals surface area contributed by atoms with Gasteiger partial charge in [0.15, 0.2) is 5.78 Å². The highest BCUT2D eigenvalue weighted by Crippen LogP contribution is 2.30. The molecule has 1 unspecified atom stereocenters. The Morgan fingerprint density at radius 3 is 2.41 bits per heavy atom. The lowest BCUT2D eigenvalue weighted by Crippen LogP contribution is -2.19. The molecule has 2 aromatic rings. The summed E-state index contributed by atoms with van der Waals surface area (Å²) in [4.78, 5) is 27.7. The van der Waals surface area contributed by atoms with E-state index in [-0.39, 0.29) is 11.7 Å². The molecular formula is C17H22N2O3. The third-order valence-electron chi connectivity index (χ3n) is 4.22. The molecule has 0 spiro atoms. The lowest BCUT2D eigenvalue weighted by molar-refractivity contribution is -0.140. The first kappa shape index (κ1) is 16.2. The third kappa shape index (κ3) is 2.75. The molecule has 5 heteroatoms. The number of ketones is 1. The van der Waals surface area contributed by atoms with Crippen molar-refractivity contribution in [3.05, 3.63) is 29.6 Å². The summed E-state index contributed by atoms with van der Waals surface area (Å²) >= 11 is 0. The van der Waals surface area contributed by atoms with Crippen molar-refractivity contribution in [1.29, 1.82) is 0 Å².